The van der Waals surface area contributed by atoms with E-state index in [4.69, 9.17) is 4.74 Å². The molecule has 2 N–H and O–H groups in total. The van der Waals surface area contributed by atoms with Crippen LogP contribution in [-0.2, 0) is 4.74 Å². The third-order valence-corrected chi connectivity index (χ3v) is 4.65. The molecule has 1 aliphatic rings. The van der Waals surface area contributed by atoms with Crippen LogP contribution in [0.5, 0.6) is 0 Å². The second-order valence-corrected chi connectivity index (χ2v) is 6.97. The number of hydrogen-bond donors (Lipinski definition) is 2. The Labute approximate surface area is 162 Å². The van der Waals surface area contributed by atoms with Crippen LogP contribution in [0.4, 0.5) is 0 Å². The summed E-state index contributed by atoms with van der Waals surface area (Å²) in [6, 6.07) is 13.5. The highest BCUT2D eigenvalue weighted by Gasteiger charge is 2.22. The van der Waals surface area contributed by atoms with Gasteiger partial charge in [0.25, 0.3) is 5.91 Å². The number of ether oxygens (including phenoxy) is 1. The van der Waals surface area contributed by atoms with E-state index in [1.807, 2.05) is 43.3 Å². The molecule has 0 saturated carbocycles. The molecule has 144 valence electrons. The molecule has 4 rings (SSSR count). The summed E-state index contributed by atoms with van der Waals surface area (Å²) in [4.78, 5) is 12.7. The summed E-state index contributed by atoms with van der Waals surface area (Å²) >= 11 is 0. The van der Waals surface area contributed by atoms with Gasteiger partial charge in [0.1, 0.15) is 6.10 Å². The fourth-order valence-electron chi connectivity index (χ4n) is 3.00. The van der Waals surface area contributed by atoms with Gasteiger partial charge in [-0.25, -0.2) is 0 Å². The van der Waals surface area contributed by atoms with Crippen molar-refractivity contribution in [3.05, 3.63) is 59.4 Å². The highest BCUT2D eigenvalue weighted by Crippen LogP contribution is 2.26. The zero-order valence-corrected chi connectivity index (χ0v) is 15.7. The number of aliphatic hydroxyl groups excluding tert-OH is 1. The van der Waals surface area contributed by atoms with Gasteiger partial charge in [-0.05, 0) is 53.6 Å². The molecule has 3 aromatic rings. The van der Waals surface area contributed by atoms with E-state index in [1.54, 1.807) is 13.0 Å². The van der Waals surface area contributed by atoms with Gasteiger partial charge in [-0.1, -0.05) is 29.8 Å². The lowest BCUT2D eigenvalue weighted by Gasteiger charge is -2.27. The molecule has 8 nitrogen and oxygen atoms in total. The van der Waals surface area contributed by atoms with Gasteiger partial charge >= 0.3 is 0 Å². The van der Waals surface area contributed by atoms with Crippen molar-refractivity contribution in [3.8, 4) is 16.8 Å². The number of aliphatic hydroxyl groups is 1. The molecular weight excluding hydrogens is 358 g/mol. The number of aromatic nitrogens is 4. The summed E-state index contributed by atoms with van der Waals surface area (Å²) < 4.78 is 6.58. The molecule has 2 heterocycles. The molecule has 2 aromatic carbocycles. The monoisotopic (exact) mass is 379 g/mol. The van der Waals surface area contributed by atoms with E-state index in [0.717, 1.165) is 16.7 Å². The van der Waals surface area contributed by atoms with Crippen LogP contribution in [0, 0.1) is 6.92 Å². The molecule has 1 aliphatic heterocycles. The zero-order valence-electron chi connectivity index (χ0n) is 15.7. The van der Waals surface area contributed by atoms with Crippen molar-refractivity contribution in [2.75, 3.05) is 13.2 Å². The summed E-state index contributed by atoms with van der Waals surface area (Å²) in [5.41, 5.74) is 4.08. The van der Waals surface area contributed by atoms with Crippen LogP contribution in [0.1, 0.15) is 34.8 Å². The maximum Gasteiger partial charge on any atom is 0.251 e. The molecule has 1 atom stereocenters. The van der Waals surface area contributed by atoms with E-state index in [1.165, 1.54) is 4.68 Å². The molecule has 1 unspecified atom stereocenters. The first-order chi connectivity index (χ1) is 13.5. The van der Waals surface area contributed by atoms with Crippen LogP contribution in [0.15, 0.2) is 42.5 Å². The number of carbonyl (C=O) groups is 1. The van der Waals surface area contributed by atoms with Crippen molar-refractivity contribution in [2.24, 2.45) is 0 Å². The van der Waals surface area contributed by atoms with Crippen LogP contribution in [0.2, 0.25) is 0 Å². The van der Waals surface area contributed by atoms with Gasteiger partial charge in [0.05, 0.1) is 24.9 Å². The molecule has 0 bridgehead atoms. The largest absolute Gasteiger partial charge is 0.385 e. The van der Waals surface area contributed by atoms with Gasteiger partial charge in [0.2, 0.25) is 0 Å². The quantitative estimate of drug-likeness (QED) is 0.701. The fourth-order valence-corrected chi connectivity index (χ4v) is 3.00. The number of rotatable bonds is 5. The Kier molecular flexibility index (Phi) is 4.89. The Balaban J connectivity index is 1.79. The second kappa shape index (κ2) is 7.49. The predicted molar refractivity (Wildman–Crippen MR) is 102 cm³/mol. The van der Waals surface area contributed by atoms with Gasteiger partial charge < -0.3 is 15.2 Å². The highest BCUT2D eigenvalue weighted by atomic mass is 16.5. The van der Waals surface area contributed by atoms with Crippen LogP contribution in [-0.4, -0.2) is 50.5 Å². The second-order valence-electron chi connectivity index (χ2n) is 6.97. The Bertz CT molecular complexity index is 993. The molecule has 28 heavy (non-hydrogen) atoms. The lowest BCUT2D eigenvalue weighted by Crippen LogP contribution is -2.48. The van der Waals surface area contributed by atoms with E-state index in [-0.39, 0.29) is 11.9 Å². The predicted octanol–water partition coefficient (Wildman–Crippen LogP) is 1.82. The average Bonchev–Trinajstić information content (AvgIpc) is 3.15. The van der Waals surface area contributed by atoms with Crippen molar-refractivity contribution in [3.63, 3.8) is 0 Å². The van der Waals surface area contributed by atoms with E-state index in [0.29, 0.717) is 30.3 Å². The SMILES string of the molecule is Cc1ccc(-c2cc(C(=O)NC3COC3)cc(-n3nnnc3C(C)O)c2)cc1. The van der Waals surface area contributed by atoms with Crippen molar-refractivity contribution >= 4 is 5.91 Å². The normalized spacial score (nSPS) is 15.1. The van der Waals surface area contributed by atoms with Crippen LogP contribution in [0.25, 0.3) is 16.8 Å². The maximum absolute atomic E-state index is 12.7. The highest BCUT2D eigenvalue weighted by molar-refractivity contribution is 5.96. The number of aryl methyl sites for hydroxylation is 1. The lowest BCUT2D eigenvalue weighted by atomic mass is 10.0. The minimum Gasteiger partial charge on any atom is -0.385 e. The average molecular weight is 379 g/mol. The number of carbonyl (C=O) groups excluding carboxylic acids is 1. The number of nitrogens with one attached hydrogen (secondary N) is 1. The third-order valence-electron chi connectivity index (χ3n) is 4.65. The minimum absolute atomic E-state index is 0.0278. The van der Waals surface area contributed by atoms with Crippen molar-refractivity contribution < 1.29 is 14.6 Å². The minimum atomic E-state index is -0.845. The first-order valence-corrected chi connectivity index (χ1v) is 9.09. The molecule has 1 fully saturated rings. The molecule has 0 aliphatic carbocycles. The number of amides is 1. The van der Waals surface area contributed by atoms with Crippen LogP contribution in [0.3, 0.4) is 0 Å². The smallest absolute Gasteiger partial charge is 0.251 e. The van der Waals surface area contributed by atoms with E-state index in [2.05, 4.69) is 20.8 Å². The van der Waals surface area contributed by atoms with Crippen molar-refractivity contribution in [1.29, 1.82) is 0 Å². The summed E-state index contributed by atoms with van der Waals surface area (Å²) in [5, 5.41) is 24.4. The number of hydrogen-bond acceptors (Lipinski definition) is 6. The Hall–Kier alpha value is -3.10. The summed E-state index contributed by atoms with van der Waals surface area (Å²) in [7, 11) is 0. The fraction of sp³-hybridized carbons (Fsp3) is 0.300. The Morgan fingerprint density at radius 2 is 1.96 bits per heavy atom. The van der Waals surface area contributed by atoms with E-state index < -0.39 is 6.10 Å². The molecule has 0 spiro atoms. The maximum atomic E-state index is 12.7. The van der Waals surface area contributed by atoms with Crippen molar-refractivity contribution in [1.82, 2.24) is 25.5 Å². The van der Waals surface area contributed by atoms with Gasteiger partial charge in [-0.3, -0.25) is 4.79 Å². The first-order valence-electron chi connectivity index (χ1n) is 9.09. The van der Waals surface area contributed by atoms with Gasteiger partial charge in [0, 0.05) is 5.56 Å². The number of benzene rings is 2. The number of nitrogens with zero attached hydrogens (tertiary/aromatic N) is 4. The van der Waals surface area contributed by atoms with Crippen LogP contribution >= 0.6 is 0 Å². The molecule has 1 aromatic heterocycles. The van der Waals surface area contributed by atoms with Crippen LogP contribution < -0.4 is 5.32 Å². The topological polar surface area (TPSA) is 102 Å². The lowest BCUT2D eigenvalue weighted by molar-refractivity contribution is -0.00346. The summed E-state index contributed by atoms with van der Waals surface area (Å²) in [6.07, 6.45) is -0.845. The van der Waals surface area contributed by atoms with Crippen molar-refractivity contribution in [2.45, 2.75) is 26.0 Å². The van der Waals surface area contributed by atoms with Gasteiger partial charge in [-0.15, -0.1) is 5.10 Å². The molecule has 8 heteroatoms. The molecular formula is C20H21N5O3. The third kappa shape index (κ3) is 3.64. The zero-order chi connectivity index (χ0) is 19.7. The van der Waals surface area contributed by atoms with E-state index >= 15 is 0 Å². The first kappa shape index (κ1) is 18.3. The van der Waals surface area contributed by atoms with Gasteiger partial charge in [0.15, 0.2) is 5.82 Å². The standard InChI is InChI=1S/C20H21N5O3/c1-12-3-5-14(6-4-12)15-7-16(20(27)21-17-10-28-11-17)9-18(8-15)25-19(13(2)26)22-23-24-25/h3-9,13,17,26H,10-11H2,1-2H3,(H,21,27). The van der Waals surface area contributed by atoms with E-state index in [9.17, 15) is 9.90 Å². The van der Waals surface area contributed by atoms with Gasteiger partial charge in [-0.2, -0.15) is 4.68 Å². The summed E-state index contributed by atoms with van der Waals surface area (Å²) in [6.45, 7) is 4.66. The Morgan fingerprint density at radius 3 is 2.61 bits per heavy atom. The molecule has 0 radical (unpaired) electrons. The molecule has 1 saturated heterocycles. The summed E-state index contributed by atoms with van der Waals surface area (Å²) in [5.74, 6) is 0.120. The number of tetrazole rings is 1. The molecule has 1 amide bonds. The Morgan fingerprint density at radius 1 is 1.21 bits per heavy atom.